The molecule has 0 aromatic heterocycles. The molecule has 0 radical (unpaired) electrons. The predicted molar refractivity (Wildman–Crippen MR) is 96.1 cm³/mol. The number of piperidine rings is 1. The van der Waals surface area contributed by atoms with Gasteiger partial charge in [0, 0.05) is 19.0 Å². The summed E-state index contributed by atoms with van der Waals surface area (Å²) in [6.45, 7) is 4.76. The van der Waals surface area contributed by atoms with E-state index in [4.69, 9.17) is 14.2 Å². The van der Waals surface area contributed by atoms with E-state index in [-0.39, 0.29) is 31.1 Å². The lowest BCUT2D eigenvalue weighted by Crippen LogP contribution is -2.48. The van der Waals surface area contributed by atoms with Gasteiger partial charge in [0.05, 0.1) is 0 Å². The minimum absolute atomic E-state index is 0.0759. The SMILES string of the molecule is CCC1CCCCN1C(=O)C(C)OC(=O)CCc1ccc2c(c1)OCO2. The van der Waals surface area contributed by atoms with Gasteiger partial charge >= 0.3 is 5.97 Å². The first-order valence-electron chi connectivity index (χ1n) is 9.47. The van der Waals surface area contributed by atoms with Crippen LogP contribution in [0.1, 0.15) is 51.5 Å². The van der Waals surface area contributed by atoms with Gasteiger partial charge in [-0.15, -0.1) is 0 Å². The second-order valence-corrected chi connectivity index (χ2v) is 6.91. The van der Waals surface area contributed by atoms with Gasteiger partial charge in [-0.05, 0) is 56.7 Å². The second kappa shape index (κ2) is 8.43. The molecule has 0 N–H and O–H groups in total. The van der Waals surface area contributed by atoms with E-state index in [1.807, 2.05) is 23.1 Å². The lowest BCUT2D eigenvalue weighted by Gasteiger charge is -2.36. The number of nitrogens with zero attached hydrogens (tertiary/aromatic N) is 1. The third kappa shape index (κ3) is 4.29. The molecule has 1 fully saturated rings. The fourth-order valence-corrected chi connectivity index (χ4v) is 3.60. The summed E-state index contributed by atoms with van der Waals surface area (Å²) in [5, 5.41) is 0. The molecule has 1 aromatic carbocycles. The van der Waals surface area contributed by atoms with Gasteiger partial charge in [-0.1, -0.05) is 13.0 Å². The number of benzene rings is 1. The van der Waals surface area contributed by atoms with E-state index in [0.717, 1.165) is 43.5 Å². The first-order valence-corrected chi connectivity index (χ1v) is 9.47. The largest absolute Gasteiger partial charge is 0.454 e. The minimum Gasteiger partial charge on any atom is -0.454 e. The molecule has 2 aliphatic rings. The molecule has 0 bridgehead atoms. The van der Waals surface area contributed by atoms with Crippen LogP contribution in [-0.2, 0) is 20.7 Å². The summed E-state index contributed by atoms with van der Waals surface area (Å²) in [4.78, 5) is 26.7. The van der Waals surface area contributed by atoms with Gasteiger partial charge in [-0.2, -0.15) is 0 Å². The highest BCUT2D eigenvalue weighted by atomic mass is 16.7. The van der Waals surface area contributed by atoms with Gasteiger partial charge in [0.25, 0.3) is 5.91 Å². The number of rotatable bonds is 6. The number of esters is 1. The van der Waals surface area contributed by atoms with Gasteiger partial charge in [0.2, 0.25) is 6.79 Å². The van der Waals surface area contributed by atoms with Crippen molar-refractivity contribution in [3.8, 4) is 11.5 Å². The highest BCUT2D eigenvalue weighted by molar-refractivity contribution is 5.83. The standard InChI is InChI=1S/C20H27NO5/c1-3-16-6-4-5-11-21(16)20(23)14(2)26-19(22)10-8-15-7-9-17-18(12-15)25-13-24-17/h7,9,12,14,16H,3-6,8,10-11,13H2,1-2H3. The van der Waals surface area contributed by atoms with Gasteiger partial charge in [0.15, 0.2) is 17.6 Å². The van der Waals surface area contributed by atoms with Crippen molar-refractivity contribution in [2.75, 3.05) is 13.3 Å². The summed E-state index contributed by atoms with van der Waals surface area (Å²) < 4.78 is 16.0. The van der Waals surface area contributed by atoms with Crippen molar-refractivity contribution in [2.24, 2.45) is 0 Å². The molecule has 2 unspecified atom stereocenters. The zero-order valence-corrected chi connectivity index (χ0v) is 15.5. The predicted octanol–water partition coefficient (Wildman–Crippen LogP) is 3.07. The maximum Gasteiger partial charge on any atom is 0.306 e. The average Bonchev–Trinajstić information content (AvgIpc) is 3.13. The van der Waals surface area contributed by atoms with E-state index in [9.17, 15) is 9.59 Å². The van der Waals surface area contributed by atoms with Crippen molar-refractivity contribution in [1.29, 1.82) is 0 Å². The van der Waals surface area contributed by atoms with Crippen molar-refractivity contribution in [3.63, 3.8) is 0 Å². The minimum atomic E-state index is -0.730. The number of hydrogen-bond donors (Lipinski definition) is 0. The quantitative estimate of drug-likeness (QED) is 0.729. The van der Waals surface area contributed by atoms with Crippen LogP contribution in [0.2, 0.25) is 0 Å². The second-order valence-electron chi connectivity index (χ2n) is 6.91. The highest BCUT2D eigenvalue weighted by Gasteiger charge is 2.30. The van der Waals surface area contributed by atoms with Crippen LogP contribution in [0.4, 0.5) is 0 Å². The van der Waals surface area contributed by atoms with Crippen LogP contribution >= 0.6 is 0 Å². The molecule has 2 aliphatic heterocycles. The number of fused-ring (bicyclic) bond motifs is 1. The zero-order valence-electron chi connectivity index (χ0n) is 15.5. The molecule has 26 heavy (non-hydrogen) atoms. The smallest absolute Gasteiger partial charge is 0.306 e. The van der Waals surface area contributed by atoms with Crippen molar-refractivity contribution >= 4 is 11.9 Å². The van der Waals surface area contributed by atoms with Crippen molar-refractivity contribution in [3.05, 3.63) is 23.8 Å². The van der Waals surface area contributed by atoms with Crippen molar-refractivity contribution < 1.29 is 23.8 Å². The molecule has 6 nitrogen and oxygen atoms in total. The number of hydrogen-bond acceptors (Lipinski definition) is 5. The molecule has 2 heterocycles. The summed E-state index contributed by atoms with van der Waals surface area (Å²) >= 11 is 0. The monoisotopic (exact) mass is 361 g/mol. The highest BCUT2D eigenvalue weighted by Crippen LogP contribution is 2.32. The number of carbonyl (C=O) groups is 2. The fraction of sp³-hybridized carbons (Fsp3) is 0.600. The molecule has 1 amide bonds. The molecular formula is C20H27NO5. The van der Waals surface area contributed by atoms with E-state index in [1.165, 1.54) is 0 Å². The third-order valence-electron chi connectivity index (χ3n) is 5.09. The van der Waals surface area contributed by atoms with Gasteiger partial charge in [-0.3, -0.25) is 9.59 Å². The van der Waals surface area contributed by atoms with E-state index < -0.39 is 6.10 Å². The Morgan fingerprint density at radius 3 is 2.88 bits per heavy atom. The Hall–Kier alpha value is -2.24. The average molecular weight is 361 g/mol. The van der Waals surface area contributed by atoms with Crippen LogP contribution in [0.25, 0.3) is 0 Å². The van der Waals surface area contributed by atoms with Crippen LogP contribution in [0.5, 0.6) is 11.5 Å². The molecule has 1 saturated heterocycles. The maximum atomic E-state index is 12.6. The number of amides is 1. The lowest BCUT2D eigenvalue weighted by atomic mass is 9.99. The molecule has 1 aromatic rings. The van der Waals surface area contributed by atoms with E-state index >= 15 is 0 Å². The van der Waals surface area contributed by atoms with Gasteiger partial charge in [-0.25, -0.2) is 0 Å². The molecule has 0 spiro atoms. The molecule has 0 aliphatic carbocycles. The van der Waals surface area contributed by atoms with Crippen LogP contribution in [0.3, 0.4) is 0 Å². The van der Waals surface area contributed by atoms with E-state index in [2.05, 4.69) is 6.92 Å². The van der Waals surface area contributed by atoms with E-state index in [1.54, 1.807) is 6.92 Å². The number of likely N-dealkylation sites (tertiary alicyclic amines) is 1. The first-order chi connectivity index (χ1) is 12.6. The summed E-state index contributed by atoms with van der Waals surface area (Å²) in [5.74, 6) is 0.999. The topological polar surface area (TPSA) is 65.1 Å². The normalized spacial score (nSPS) is 19.9. The van der Waals surface area contributed by atoms with Crippen molar-refractivity contribution in [1.82, 2.24) is 4.90 Å². The van der Waals surface area contributed by atoms with Gasteiger partial charge in [0.1, 0.15) is 0 Å². The molecular weight excluding hydrogens is 334 g/mol. The lowest BCUT2D eigenvalue weighted by molar-refractivity contribution is -0.161. The summed E-state index contributed by atoms with van der Waals surface area (Å²) in [6.07, 6.45) is 4.20. The fourth-order valence-electron chi connectivity index (χ4n) is 3.60. The number of ether oxygens (including phenoxy) is 3. The zero-order chi connectivity index (χ0) is 18.5. The van der Waals surface area contributed by atoms with Crippen LogP contribution in [-0.4, -0.2) is 42.3 Å². The van der Waals surface area contributed by atoms with Crippen LogP contribution in [0.15, 0.2) is 18.2 Å². The van der Waals surface area contributed by atoms with Gasteiger partial charge < -0.3 is 19.1 Å². The Morgan fingerprint density at radius 1 is 1.27 bits per heavy atom. The molecule has 2 atom stereocenters. The molecule has 0 saturated carbocycles. The first kappa shape index (κ1) is 18.5. The Kier molecular flexibility index (Phi) is 6.01. The van der Waals surface area contributed by atoms with Crippen LogP contribution < -0.4 is 9.47 Å². The Bertz CT molecular complexity index is 660. The summed E-state index contributed by atoms with van der Waals surface area (Å²) in [7, 11) is 0. The molecule has 6 heteroatoms. The number of aryl methyl sites for hydroxylation is 1. The maximum absolute atomic E-state index is 12.6. The summed E-state index contributed by atoms with van der Waals surface area (Å²) in [5.41, 5.74) is 0.979. The Balaban J connectivity index is 1.48. The Morgan fingerprint density at radius 2 is 2.08 bits per heavy atom. The molecule has 142 valence electrons. The molecule has 3 rings (SSSR count). The summed E-state index contributed by atoms with van der Waals surface area (Å²) in [6, 6.07) is 5.90. The van der Waals surface area contributed by atoms with E-state index in [0.29, 0.717) is 12.2 Å². The van der Waals surface area contributed by atoms with Crippen LogP contribution in [0, 0.1) is 0 Å². The van der Waals surface area contributed by atoms with Crippen molar-refractivity contribution in [2.45, 2.75) is 64.5 Å². The Labute approximate surface area is 154 Å². The number of carbonyl (C=O) groups excluding carboxylic acids is 2. The third-order valence-corrected chi connectivity index (χ3v) is 5.09.